The summed E-state index contributed by atoms with van der Waals surface area (Å²) in [5.74, 6) is 0.465. The number of rotatable bonds is 7. The van der Waals surface area contributed by atoms with E-state index in [1.807, 2.05) is 54.6 Å². The fourth-order valence-corrected chi connectivity index (χ4v) is 3.12. The maximum Gasteiger partial charge on any atom is 0.306 e. The number of benzene rings is 2. The highest BCUT2D eigenvalue weighted by molar-refractivity contribution is 5.90. The number of hydrogen-bond donors (Lipinski definition) is 2. The molecule has 2 N–H and O–H groups in total. The summed E-state index contributed by atoms with van der Waals surface area (Å²) >= 11 is 0. The second-order valence-corrected chi connectivity index (χ2v) is 6.69. The first-order valence-corrected chi connectivity index (χ1v) is 9.18. The molecule has 142 valence electrons. The number of carbonyl (C=O) groups is 2. The Kier molecular flexibility index (Phi) is 6.44. The lowest BCUT2D eigenvalue weighted by atomic mass is 9.97. The summed E-state index contributed by atoms with van der Waals surface area (Å²) in [6.45, 7) is 2.11. The first kappa shape index (κ1) is 18.9. The lowest BCUT2D eigenvalue weighted by molar-refractivity contribution is -0.143. The first-order chi connectivity index (χ1) is 13.1. The van der Waals surface area contributed by atoms with Gasteiger partial charge in [-0.2, -0.15) is 0 Å². The third kappa shape index (κ3) is 5.82. The van der Waals surface area contributed by atoms with E-state index < -0.39 is 5.97 Å². The minimum atomic E-state index is -0.716. The number of carboxylic acid groups (broad SMARTS) is 1. The van der Waals surface area contributed by atoms with Crippen LogP contribution in [0.4, 0.5) is 5.69 Å². The van der Waals surface area contributed by atoms with Crippen LogP contribution in [-0.4, -0.2) is 41.5 Å². The molecule has 0 unspecified atom stereocenters. The van der Waals surface area contributed by atoms with Crippen LogP contribution < -0.4 is 10.1 Å². The number of hydrogen-bond acceptors (Lipinski definition) is 4. The van der Waals surface area contributed by atoms with Gasteiger partial charge in [0, 0.05) is 18.7 Å². The zero-order chi connectivity index (χ0) is 19.1. The highest BCUT2D eigenvalue weighted by Gasteiger charge is 2.24. The van der Waals surface area contributed by atoms with E-state index in [0.29, 0.717) is 31.6 Å². The molecule has 1 heterocycles. The van der Waals surface area contributed by atoms with Crippen molar-refractivity contribution < 1.29 is 19.4 Å². The van der Waals surface area contributed by atoms with Gasteiger partial charge in [-0.05, 0) is 62.3 Å². The van der Waals surface area contributed by atoms with Gasteiger partial charge >= 0.3 is 5.97 Å². The zero-order valence-corrected chi connectivity index (χ0v) is 15.1. The first-order valence-electron chi connectivity index (χ1n) is 9.18. The van der Waals surface area contributed by atoms with Crippen LogP contribution in [0.25, 0.3) is 0 Å². The molecular weight excluding hydrogens is 344 g/mol. The van der Waals surface area contributed by atoms with E-state index in [4.69, 9.17) is 9.84 Å². The summed E-state index contributed by atoms with van der Waals surface area (Å²) in [7, 11) is 0. The molecule has 1 saturated heterocycles. The number of anilines is 1. The summed E-state index contributed by atoms with van der Waals surface area (Å²) in [6, 6.07) is 16.8. The Balaban J connectivity index is 1.41. The van der Waals surface area contributed by atoms with Crippen LogP contribution in [0.15, 0.2) is 54.6 Å². The van der Waals surface area contributed by atoms with E-state index >= 15 is 0 Å². The number of carbonyl (C=O) groups excluding carboxylic acids is 1. The fraction of sp³-hybridized carbons (Fsp3) is 0.333. The van der Waals surface area contributed by atoms with Crippen LogP contribution in [0.3, 0.4) is 0 Å². The van der Waals surface area contributed by atoms with Crippen molar-refractivity contribution in [1.29, 1.82) is 0 Å². The second-order valence-electron chi connectivity index (χ2n) is 6.69. The van der Waals surface area contributed by atoms with Gasteiger partial charge in [0.1, 0.15) is 11.5 Å². The standard InChI is InChI=1S/C21H24N2O4/c24-20(12-15-23-13-10-16(11-14-23)21(25)26)22-17-6-8-19(9-7-17)27-18-4-2-1-3-5-18/h1-9,16H,10-15H2,(H,22,24)(H,25,26). The van der Waals surface area contributed by atoms with Crippen LogP contribution in [0.1, 0.15) is 19.3 Å². The summed E-state index contributed by atoms with van der Waals surface area (Å²) in [5, 5.41) is 11.9. The van der Waals surface area contributed by atoms with Crippen molar-refractivity contribution >= 4 is 17.6 Å². The molecule has 6 heteroatoms. The minimum Gasteiger partial charge on any atom is -0.481 e. The molecule has 1 amide bonds. The van der Waals surface area contributed by atoms with E-state index in [1.165, 1.54) is 0 Å². The Morgan fingerprint density at radius 3 is 2.26 bits per heavy atom. The number of nitrogens with zero attached hydrogens (tertiary/aromatic N) is 1. The molecule has 6 nitrogen and oxygen atoms in total. The molecule has 2 aromatic rings. The van der Waals surface area contributed by atoms with E-state index in [-0.39, 0.29) is 11.8 Å². The van der Waals surface area contributed by atoms with E-state index in [9.17, 15) is 9.59 Å². The molecule has 0 aliphatic carbocycles. The average Bonchev–Trinajstić information content (AvgIpc) is 2.69. The van der Waals surface area contributed by atoms with Crippen LogP contribution >= 0.6 is 0 Å². The molecule has 0 spiro atoms. The Bertz CT molecular complexity index is 754. The molecule has 1 aliphatic rings. The van der Waals surface area contributed by atoms with Crippen LogP contribution in [0.2, 0.25) is 0 Å². The third-order valence-corrected chi connectivity index (χ3v) is 4.71. The van der Waals surface area contributed by atoms with Crippen LogP contribution in [0, 0.1) is 5.92 Å². The number of para-hydroxylation sites is 1. The summed E-state index contributed by atoms with van der Waals surface area (Å²) < 4.78 is 5.73. The van der Waals surface area contributed by atoms with E-state index in [1.54, 1.807) is 0 Å². The average molecular weight is 368 g/mol. The lowest BCUT2D eigenvalue weighted by Crippen LogP contribution is -2.37. The van der Waals surface area contributed by atoms with Crippen LogP contribution in [0.5, 0.6) is 11.5 Å². The molecule has 3 rings (SSSR count). The number of aliphatic carboxylic acids is 1. The number of ether oxygens (including phenoxy) is 1. The van der Waals surface area contributed by atoms with Crippen molar-refractivity contribution in [3.8, 4) is 11.5 Å². The van der Waals surface area contributed by atoms with Crippen molar-refractivity contribution in [2.45, 2.75) is 19.3 Å². The van der Waals surface area contributed by atoms with Gasteiger partial charge in [-0.15, -0.1) is 0 Å². The van der Waals surface area contributed by atoms with Crippen molar-refractivity contribution in [1.82, 2.24) is 4.90 Å². The monoisotopic (exact) mass is 368 g/mol. The van der Waals surface area contributed by atoms with Crippen molar-refractivity contribution in [3.05, 3.63) is 54.6 Å². The highest BCUT2D eigenvalue weighted by Crippen LogP contribution is 2.23. The van der Waals surface area contributed by atoms with Gasteiger partial charge in [-0.25, -0.2) is 0 Å². The Labute approximate surface area is 158 Å². The minimum absolute atomic E-state index is 0.0490. The number of amides is 1. The Hall–Kier alpha value is -2.86. The van der Waals surface area contributed by atoms with Gasteiger partial charge in [0.05, 0.1) is 5.92 Å². The highest BCUT2D eigenvalue weighted by atomic mass is 16.5. The second kappa shape index (κ2) is 9.19. The molecule has 2 aromatic carbocycles. The largest absolute Gasteiger partial charge is 0.481 e. The van der Waals surface area contributed by atoms with E-state index in [0.717, 1.165) is 24.5 Å². The molecule has 1 fully saturated rings. The van der Waals surface area contributed by atoms with Crippen molar-refractivity contribution in [2.75, 3.05) is 25.0 Å². The number of carboxylic acids is 1. The summed E-state index contributed by atoms with van der Waals surface area (Å²) in [5.41, 5.74) is 0.727. The third-order valence-electron chi connectivity index (χ3n) is 4.71. The quantitative estimate of drug-likeness (QED) is 0.781. The van der Waals surface area contributed by atoms with Gasteiger partial charge in [0.2, 0.25) is 5.91 Å². The molecule has 0 radical (unpaired) electrons. The van der Waals surface area contributed by atoms with Gasteiger partial charge in [-0.3, -0.25) is 9.59 Å². The smallest absolute Gasteiger partial charge is 0.306 e. The number of likely N-dealkylation sites (tertiary alicyclic amines) is 1. The SMILES string of the molecule is O=C(CCN1CCC(C(=O)O)CC1)Nc1ccc(Oc2ccccc2)cc1. The maximum absolute atomic E-state index is 12.1. The topological polar surface area (TPSA) is 78.9 Å². The molecule has 0 atom stereocenters. The van der Waals surface area contributed by atoms with Gasteiger partial charge in [0.15, 0.2) is 0 Å². The zero-order valence-electron chi connectivity index (χ0n) is 15.1. The van der Waals surface area contributed by atoms with Gasteiger partial charge in [-0.1, -0.05) is 18.2 Å². The molecule has 1 aliphatic heterocycles. The molecular formula is C21H24N2O4. The number of nitrogens with one attached hydrogen (secondary N) is 1. The lowest BCUT2D eigenvalue weighted by Gasteiger charge is -2.29. The molecule has 0 bridgehead atoms. The van der Waals surface area contributed by atoms with Crippen molar-refractivity contribution in [2.24, 2.45) is 5.92 Å². The Morgan fingerprint density at radius 2 is 1.63 bits per heavy atom. The predicted octanol–water partition coefficient (Wildman–Crippen LogP) is 3.60. The van der Waals surface area contributed by atoms with Crippen molar-refractivity contribution in [3.63, 3.8) is 0 Å². The van der Waals surface area contributed by atoms with Gasteiger partial charge in [0.25, 0.3) is 0 Å². The molecule has 0 saturated carbocycles. The predicted molar refractivity (Wildman–Crippen MR) is 103 cm³/mol. The maximum atomic E-state index is 12.1. The Morgan fingerprint density at radius 1 is 1.00 bits per heavy atom. The summed E-state index contributed by atoms with van der Waals surface area (Å²) in [4.78, 5) is 25.3. The molecule has 27 heavy (non-hydrogen) atoms. The van der Waals surface area contributed by atoms with E-state index in [2.05, 4.69) is 10.2 Å². The summed E-state index contributed by atoms with van der Waals surface area (Å²) in [6.07, 6.45) is 1.69. The van der Waals surface area contributed by atoms with Gasteiger partial charge < -0.3 is 20.1 Å². The normalized spacial score (nSPS) is 15.3. The molecule has 0 aromatic heterocycles. The number of piperidine rings is 1. The van der Waals surface area contributed by atoms with Crippen LogP contribution in [-0.2, 0) is 9.59 Å². The fourth-order valence-electron chi connectivity index (χ4n) is 3.12.